The van der Waals surface area contributed by atoms with Gasteiger partial charge in [-0.15, -0.1) is 0 Å². The van der Waals surface area contributed by atoms with Gasteiger partial charge in [-0.25, -0.2) is 4.39 Å². The second-order valence-corrected chi connectivity index (χ2v) is 1.81. The highest BCUT2D eigenvalue weighted by Crippen LogP contribution is 2.16. The predicted octanol–water partition coefficient (Wildman–Crippen LogP) is 1.98. The van der Waals surface area contributed by atoms with Crippen LogP contribution in [0, 0.1) is 6.42 Å². The van der Waals surface area contributed by atoms with Gasteiger partial charge in [-0.05, 0) is 12.5 Å². The normalized spacial score (nSPS) is 18.4. The molecule has 0 aromatic rings. The summed E-state index contributed by atoms with van der Waals surface area (Å²) in [7, 11) is 1.54. The molecule has 0 spiro atoms. The molecule has 0 fully saturated rings. The minimum absolute atomic E-state index is 0.238. The Bertz CT molecular complexity index is 158. The molecule has 1 aliphatic rings. The molecule has 0 aromatic carbocycles. The van der Waals surface area contributed by atoms with E-state index in [1.165, 1.54) is 19.3 Å². The Kier molecular flexibility index (Phi) is 1.88. The van der Waals surface area contributed by atoms with Crippen molar-refractivity contribution < 1.29 is 9.13 Å². The highest BCUT2D eigenvalue weighted by Gasteiger charge is 2.03. The zero-order chi connectivity index (χ0) is 6.69. The largest absolute Gasteiger partial charge is 0.501 e. The van der Waals surface area contributed by atoms with Crippen LogP contribution in [0.1, 0.15) is 6.42 Å². The molecule has 0 atom stereocenters. The van der Waals surface area contributed by atoms with Crippen molar-refractivity contribution in [2.45, 2.75) is 6.42 Å². The maximum atomic E-state index is 12.3. The number of ether oxygens (including phenoxy) is 1. The number of hydrogen-bond donors (Lipinski definition) is 0. The fraction of sp³-hybridized carbons (Fsp3) is 0.286. The highest BCUT2D eigenvalue weighted by atomic mass is 19.1. The van der Waals surface area contributed by atoms with Gasteiger partial charge in [0.1, 0.15) is 5.83 Å². The van der Waals surface area contributed by atoms with Crippen molar-refractivity contribution in [1.82, 2.24) is 0 Å². The van der Waals surface area contributed by atoms with Gasteiger partial charge in [-0.3, -0.25) is 0 Å². The van der Waals surface area contributed by atoms with Crippen LogP contribution in [0.5, 0.6) is 0 Å². The number of rotatable bonds is 1. The first kappa shape index (κ1) is 6.33. The van der Waals surface area contributed by atoms with Gasteiger partial charge in [0.15, 0.2) is 0 Å². The molecule has 0 amide bonds. The van der Waals surface area contributed by atoms with Crippen LogP contribution >= 0.6 is 0 Å². The summed E-state index contributed by atoms with van der Waals surface area (Å²) in [4.78, 5) is 0. The molecule has 0 heterocycles. The molecule has 2 heteroatoms. The van der Waals surface area contributed by atoms with Gasteiger partial charge >= 0.3 is 0 Å². The van der Waals surface area contributed by atoms with Crippen LogP contribution < -0.4 is 0 Å². The van der Waals surface area contributed by atoms with E-state index in [0.717, 1.165) is 0 Å². The van der Waals surface area contributed by atoms with E-state index >= 15 is 0 Å². The van der Waals surface area contributed by atoms with Crippen molar-refractivity contribution in [2.24, 2.45) is 0 Å². The van der Waals surface area contributed by atoms with Crippen molar-refractivity contribution >= 4 is 0 Å². The Balaban J connectivity index is 2.63. The van der Waals surface area contributed by atoms with Gasteiger partial charge in [0, 0.05) is 12.5 Å². The van der Waals surface area contributed by atoms with Crippen molar-refractivity contribution in [3.8, 4) is 0 Å². The smallest absolute Gasteiger partial charge is 0.122 e. The molecule has 49 valence electrons. The van der Waals surface area contributed by atoms with Crippen LogP contribution in [0.3, 0.4) is 0 Å². The van der Waals surface area contributed by atoms with E-state index in [9.17, 15) is 4.39 Å². The average molecular weight is 127 g/mol. The second kappa shape index (κ2) is 2.67. The Morgan fingerprint density at radius 1 is 1.67 bits per heavy atom. The molecule has 0 saturated carbocycles. The fourth-order valence-corrected chi connectivity index (χ4v) is 0.691. The van der Waals surface area contributed by atoms with E-state index in [1.807, 2.05) is 0 Å². The van der Waals surface area contributed by atoms with Crippen molar-refractivity contribution in [1.29, 1.82) is 0 Å². The number of halogens is 1. The van der Waals surface area contributed by atoms with E-state index in [4.69, 9.17) is 4.74 Å². The quantitative estimate of drug-likeness (QED) is 0.523. The fourth-order valence-electron chi connectivity index (χ4n) is 0.691. The molecular formula is C7H8FO. The summed E-state index contributed by atoms with van der Waals surface area (Å²) in [5.74, 6) is 0.438. The zero-order valence-electron chi connectivity index (χ0n) is 5.23. The Morgan fingerprint density at radius 3 is 2.89 bits per heavy atom. The number of allylic oxidation sites excluding steroid dienone is 4. The van der Waals surface area contributed by atoms with Crippen molar-refractivity contribution in [3.05, 3.63) is 30.2 Å². The van der Waals surface area contributed by atoms with E-state index < -0.39 is 0 Å². The zero-order valence-corrected chi connectivity index (χ0v) is 5.23. The minimum atomic E-state index is -0.238. The first-order chi connectivity index (χ1) is 4.33. The molecule has 0 N–H and O–H groups in total. The molecule has 1 nitrogen and oxygen atoms in total. The van der Waals surface area contributed by atoms with E-state index in [2.05, 4.69) is 0 Å². The SMILES string of the molecule is COC1=CC(F)=C[CH]C1. The first-order valence-electron chi connectivity index (χ1n) is 2.76. The Morgan fingerprint density at radius 2 is 2.44 bits per heavy atom. The molecular weight excluding hydrogens is 119 g/mol. The lowest BCUT2D eigenvalue weighted by atomic mass is 10.1. The second-order valence-electron chi connectivity index (χ2n) is 1.81. The van der Waals surface area contributed by atoms with Crippen LogP contribution in [-0.2, 0) is 4.74 Å². The summed E-state index contributed by atoms with van der Waals surface area (Å²) in [6, 6.07) is 0. The summed E-state index contributed by atoms with van der Waals surface area (Å²) >= 11 is 0. The number of hydrogen-bond acceptors (Lipinski definition) is 1. The standard InChI is InChI=1S/C7H8FO/c1-9-7-4-2-3-6(8)5-7/h2-3,5H,4H2,1H3. The maximum Gasteiger partial charge on any atom is 0.122 e. The topological polar surface area (TPSA) is 9.23 Å². The van der Waals surface area contributed by atoms with E-state index in [-0.39, 0.29) is 5.83 Å². The molecule has 1 radical (unpaired) electrons. The summed E-state index contributed by atoms with van der Waals surface area (Å²) < 4.78 is 17.1. The summed E-state index contributed by atoms with van der Waals surface area (Å²) in [6.07, 6.45) is 5.25. The molecule has 0 saturated heterocycles. The van der Waals surface area contributed by atoms with Crippen molar-refractivity contribution in [3.63, 3.8) is 0 Å². The van der Waals surface area contributed by atoms with Crippen LogP contribution in [0.4, 0.5) is 4.39 Å². The third-order valence-corrected chi connectivity index (χ3v) is 1.16. The van der Waals surface area contributed by atoms with Crippen LogP contribution in [0.15, 0.2) is 23.7 Å². The third-order valence-electron chi connectivity index (χ3n) is 1.16. The lowest BCUT2D eigenvalue weighted by molar-refractivity contribution is 0.280. The third kappa shape index (κ3) is 1.56. The van der Waals surface area contributed by atoms with Gasteiger partial charge < -0.3 is 4.74 Å². The summed E-state index contributed by atoms with van der Waals surface area (Å²) in [6.45, 7) is 0. The molecule has 9 heavy (non-hydrogen) atoms. The first-order valence-corrected chi connectivity index (χ1v) is 2.76. The van der Waals surface area contributed by atoms with Crippen LogP contribution in [0.2, 0.25) is 0 Å². The molecule has 0 bridgehead atoms. The minimum Gasteiger partial charge on any atom is -0.501 e. The predicted molar refractivity (Wildman–Crippen MR) is 33.2 cm³/mol. The molecule has 0 aliphatic heterocycles. The van der Waals surface area contributed by atoms with Crippen molar-refractivity contribution in [2.75, 3.05) is 7.11 Å². The number of methoxy groups -OCH3 is 1. The van der Waals surface area contributed by atoms with Crippen LogP contribution in [0.25, 0.3) is 0 Å². The lowest BCUT2D eigenvalue weighted by Gasteiger charge is -2.06. The van der Waals surface area contributed by atoms with E-state index in [1.54, 1.807) is 6.42 Å². The lowest BCUT2D eigenvalue weighted by Crippen LogP contribution is -1.91. The van der Waals surface area contributed by atoms with Gasteiger partial charge in [-0.2, -0.15) is 0 Å². The monoisotopic (exact) mass is 127 g/mol. The molecule has 1 aliphatic carbocycles. The molecule has 0 aromatic heterocycles. The van der Waals surface area contributed by atoms with E-state index in [0.29, 0.717) is 12.2 Å². The average Bonchev–Trinajstić information content (AvgIpc) is 1.88. The van der Waals surface area contributed by atoms with Gasteiger partial charge in [0.05, 0.1) is 12.9 Å². The van der Waals surface area contributed by atoms with Gasteiger partial charge in [0.25, 0.3) is 0 Å². The summed E-state index contributed by atoms with van der Waals surface area (Å²) in [5, 5.41) is 0. The summed E-state index contributed by atoms with van der Waals surface area (Å²) in [5.41, 5.74) is 0. The van der Waals surface area contributed by atoms with Crippen LogP contribution in [-0.4, -0.2) is 7.11 Å². The molecule has 1 rings (SSSR count). The van der Waals surface area contributed by atoms with Gasteiger partial charge in [-0.1, -0.05) is 0 Å². The Labute approximate surface area is 53.8 Å². The highest BCUT2D eigenvalue weighted by molar-refractivity contribution is 5.24. The Hall–Kier alpha value is -0.790. The van der Waals surface area contributed by atoms with Gasteiger partial charge in [0.2, 0.25) is 0 Å². The maximum absolute atomic E-state index is 12.3. The molecule has 0 unspecified atom stereocenters.